The number of benzene rings is 1. The third-order valence-electron chi connectivity index (χ3n) is 4.82. The van der Waals surface area contributed by atoms with Crippen LogP contribution in [-0.4, -0.2) is 43.5 Å². The van der Waals surface area contributed by atoms with E-state index in [0.29, 0.717) is 6.54 Å². The topological polar surface area (TPSA) is 84.7 Å². The van der Waals surface area contributed by atoms with Crippen molar-refractivity contribution in [3.05, 3.63) is 29.8 Å². The third kappa shape index (κ3) is 5.46. The number of likely N-dealkylation sites (tertiary alicyclic amines) is 1. The van der Waals surface area contributed by atoms with Gasteiger partial charge in [0.2, 0.25) is 11.8 Å². The van der Waals surface area contributed by atoms with Crippen molar-refractivity contribution in [1.82, 2.24) is 10.2 Å². The van der Waals surface area contributed by atoms with Gasteiger partial charge in [0.25, 0.3) is 0 Å². The number of carbonyl (C=O) groups excluding carboxylic acids is 2. The first-order valence-corrected chi connectivity index (χ1v) is 8.85. The molecular formula is C19H29N3O3. The Labute approximate surface area is 149 Å². The number of rotatable bonds is 7. The normalized spacial score (nSPS) is 17.3. The Bertz CT molecular complexity index is 578. The van der Waals surface area contributed by atoms with E-state index in [1.54, 1.807) is 7.11 Å². The molecule has 138 valence electrons. The van der Waals surface area contributed by atoms with Gasteiger partial charge in [0.15, 0.2) is 0 Å². The summed E-state index contributed by atoms with van der Waals surface area (Å²) in [7, 11) is 1.64. The van der Waals surface area contributed by atoms with Gasteiger partial charge >= 0.3 is 0 Å². The lowest BCUT2D eigenvalue weighted by molar-refractivity contribution is -0.124. The van der Waals surface area contributed by atoms with E-state index in [9.17, 15) is 9.59 Å². The van der Waals surface area contributed by atoms with Crippen LogP contribution >= 0.6 is 0 Å². The molecule has 1 aliphatic heterocycles. The van der Waals surface area contributed by atoms with Crippen LogP contribution in [0.5, 0.6) is 5.75 Å². The van der Waals surface area contributed by atoms with E-state index in [0.717, 1.165) is 37.2 Å². The molecule has 1 aromatic carbocycles. The van der Waals surface area contributed by atoms with Crippen LogP contribution in [0.4, 0.5) is 0 Å². The zero-order valence-electron chi connectivity index (χ0n) is 15.3. The molecule has 0 aromatic heterocycles. The second-order valence-corrected chi connectivity index (χ2v) is 7.02. The molecular weight excluding hydrogens is 318 g/mol. The Morgan fingerprint density at radius 2 is 1.84 bits per heavy atom. The van der Waals surface area contributed by atoms with E-state index < -0.39 is 0 Å². The van der Waals surface area contributed by atoms with Crippen LogP contribution < -0.4 is 15.8 Å². The standard InChI is InChI=1S/C19H29N3O3/c1-13(2)18(14-4-6-16(25-3)7-5-14)21-17(23)12-22-10-8-15(9-11-22)19(20)24/h4-7,13,15,18H,8-12H2,1-3H3,(H2,20,24)(H,21,23)/t18-/m0/s1. The summed E-state index contributed by atoms with van der Waals surface area (Å²) in [5, 5.41) is 3.14. The quantitative estimate of drug-likeness (QED) is 0.786. The molecule has 25 heavy (non-hydrogen) atoms. The van der Waals surface area contributed by atoms with E-state index in [4.69, 9.17) is 10.5 Å². The van der Waals surface area contributed by atoms with Crippen molar-refractivity contribution in [2.24, 2.45) is 17.6 Å². The summed E-state index contributed by atoms with van der Waals surface area (Å²) in [6.45, 7) is 6.00. The summed E-state index contributed by atoms with van der Waals surface area (Å²) in [5.74, 6) is 0.797. The largest absolute Gasteiger partial charge is 0.497 e. The van der Waals surface area contributed by atoms with E-state index in [1.165, 1.54) is 0 Å². The molecule has 1 fully saturated rings. The predicted molar refractivity (Wildman–Crippen MR) is 97.1 cm³/mol. The minimum absolute atomic E-state index is 0.00652. The number of ether oxygens (including phenoxy) is 1. The van der Waals surface area contributed by atoms with Crippen LogP contribution in [0.25, 0.3) is 0 Å². The number of nitrogens with two attached hydrogens (primary N) is 1. The minimum Gasteiger partial charge on any atom is -0.497 e. The average molecular weight is 347 g/mol. The molecule has 0 saturated carbocycles. The maximum Gasteiger partial charge on any atom is 0.234 e. The van der Waals surface area contributed by atoms with Crippen LogP contribution in [0.3, 0.4) is 0 Å². The maximum absolute atomic E-state index is 12.5. The van der Waals surface area contributed by atoms with E-state index in [2.05, 4.69) is 24.1 Å². The molecule has 2 rings (SSSR count). The van der Waals surface area contributed by atoms with Crippen LogP contribution in [0, 0.1) is 11.8 Å². The van der Waals surface area contributed by atoms with Crippen molar-refractivity contribution in [2.45, 2.75) is 32.7 Å². The molecule has 1 saturated heterocycles. The third-order valence-corrected chi connectivity index (χ3v) is 4.82. The van der Waals surface area contributed by atoms with Crippen molar-refractivity contribution in [1.29, 1.82) is 0 Å². The summed E-state index contributed by atoms with van der Waals surface area (Å²) in [4.78, 5) is 25.8. The molecule has 1 atom stereocenters. The minimum atomic E-state index is -0.233. The predicted octanol–water partition coefficient (Wildman–Crippen LogP) is 1.71. The summed E-state index contributed by atoms with van der Waals surface area (Å²) < 4.78 is 5.19. The van der Waals surface area contributed by atoms with Crippen molar-refractivity contribution >= 4 is 11.8 Å². The molecule has 3 N–H and O–H groups in total. The Hall–Kier alpha value is -2.08. The van der Waals surface area contributed by atoms with Gasteiger partial charge < -0.3 is 15.8 Å². The van der Waals surface area contributed by atoms with Crippen molar-refractivity contribution < 1.29 is 14.3 Å². The van der Waals surface area contributed by atoms with Gasteiger partial charge in [-0.2, -0.15) is 0 Å². The fourth-order valence-corrected chi connectivity index (χ4v) is 3.24. The second kappa shape index (κ2) is 8.85. The van der Waals surface area contributed by atoms with Gasteiger partial charge in [0, 0.05) is 5.92 Å². The van der Waals surface area contributed by atoms with Gasteiger partial charge in [0.1, 0.15) is 5.75 Å². The van der Waals surface area contributed by atoms with E-state index in [-0.39, 0.29) is 29.7 Å². The van der Waals surface area contributed by atoms with Gasteiger partial charge in [-0.15, -0.1) is 0 Å². The maximum atomic E-state index is 12.5. The number of nitrogens with one attached hydrogen (secondary N) is 1. The lowest BCUT2D eigenvalue weighted by Crippen LogP contribution is -2.44. The van der Waals surface area contributed by atoms with Crippen molar-refractivity contribution in [3.8, 4) is 5.75 Å². The molecule has 2 amide bonds. The van der Waals surface area contributed by atoms with E-state index in [1.807, 2.05) is 24.3 Å². The first-order valence-electron chi connectivity index (χ1n) is 8.85. The van der Waals surface area contributed by atoms with Crippen molar-refractivity contribution in [2.75, 3.05) is 26.7 Å². The molecule has 0 aliphatic carbocycles. The highest BCUT2D eigenvalue weighted by Gasteiger charge is 2.25. The molecule has 6 nitrogen and oxygen atoms in total. The smallest absolute Gasteiger partial charge is 0.234 e. The fraction of sp³-hybridized carbons (Fsp3) is 0.579. The number of hydrogen-bond acceptors (Lipinski definition) is 4. The summed E-state index contributed by atoms with van der Waals surface area (Å²) >= 11 is 0. The molecule has 0 bridgehead atoms. The van der Waals surface area contributed by atoms with Gasteiger partial charge in [-0.1, -0.05) is 26.0 Å². The molecule has 6 heteroatoms. The number of nitrogens with zero attached hydrogens (tertiary/aromatic N) is 1. The molecule has 0 spiro atoms. The summed E-state index contributed by atoms with van der Waals surface area (Å²) in [6.07, 6.45) is 1.46. The lowest BCUT2D eigenvalue weighted by atomic mass is 9.95. The highest BCUT2D eigenvalue weighted by atomic mass is 16.5. The molecule has 1 heterocycles. The van der Waals surface area contributed by atoms with Crippen LogP contribution in [0.15, 0.2) is 24.3 Å². The van der Waals surface area contributed by atoms with Gasteiger partial charge in [0.05, 0.1) is 19.7 Å². The molecule has 0 radical (unpaired) electrons. The molecule has 1 aromatic rings. The summed E-state index contributed by atoms with van der Waals surface area (Å²) in [6, 6.07) is 7.75. The van der Waals surface area contributed by atoms with Crippen molar-refractivity contribution in [3.63, 3.8) is 0 Å². The lowest BCUT2D eigenvalue weighted by Gasteiger charge is -2.31. The Kier molecular flexibility index (Phi) is 6.82. The molecule has 1 aliphatic rings. The van der Waals surface area contributed by atoms with Crippen LogP contribution in [0.2, 0.25) is 0 Å². The average Bonchev–Trinajstić information content (AvgIpc) is 2.60. The van der Waals surface area contributed by atoms with Gasteiger partial charge in [-0.3, -0.25) is 14.5 Å². The zero-order valence-corrected chi connectivity index (χ0v) is 15.3. The number of piperidine rings is 1. The molecule has 0 unspecified atom stereocenters. The highest BCUT2D eigenvalue weighted by Crippen LogP contribution is 2.24. The van der Waals surface area contributed by atoms with Gasteiger partial charge in [-0.25, -0.2) is 0 Å². The number of methoxy groups -OCH3 is 1. The number of amides is 2. The first-order chi connectivity index (χ1) is 11.9. The Morgan fingerprint density at radius 1 is 1.24 bits per heavy atom. The van der Waals surface area contributed by atoms with Gasteiger partial charge in [-0.05, 0) is 49.5 Å². The number of hydrogen-bond donors (Lipinski definition) is 2. The Balaban J connectivity index is 1.91. The fourth-order valence-electron chi connectivity index (χ4n) is 3.24. The number of carbonyl (C=O) groups is 2. The highest BCUT2D eigenvalue weighted by molar-refractivity contribution is 5.79. The number of primary amides is 1. The second-order valence-electron chi connectivity index (χ2n) is 7.02. The summed E-state index contributed by atoms with van der Waals surface area (Å²) in [5.41, 5.74) is 6.42. The van der Waals surface area contributed by atoms with E-state index >= 15 is 0 Å². The zero-order chi connectivity index (χ0) is 18.4. The SMILES string of the molecule is COc1ccc([C@@H](NC(=O)CN2CCC(C(N)=O)CC2)C(C)C)cc1. The van der Waals surface area contributed by atoms with Crippen LogP contribution in [-0.2, 0) is 9.59 Å². The Morgan fingerprint density at radius 3 is 2.32 bits per heavy atom. The monoisotopic (exact) mass is 347 g/mol. The first kappa shape index (κ1) is 19.2. The van der Waals surface area contributed by atoms with Crippen LogP contribution in [0.1, 0.15) is 38.3 Å².